The van der Waals surface area contributed by atoms with E-state index in [1.807, 2.05) is 30.3 Å². The van der Waals surface area contributed by atoms with Gasteiger partial charge in [0.25, 0.3) is 5.91 Å². The molecule has 78 valence electrons. The van der Waals surface area contributed by atoms with Gasteiger partial charge in [-0.15, -0.1) is 0 Å². The van der Waals surface area contributed by atoms with E-state index in [1.54, 1.807) is 0 Å². The first kappa shape index (κ1) is 9.86. The fourth-order valence-electron chi connectivity index (χ4n) is 1.41. The van der Waals surface area contributed by atoms with Gasteiger partial charge in [0.15, 0.2) is 5.78 Å². The van der Waals surface area contributed by atoms with Crippen LogP contribution in [0.1, 0.15) is 12.0 Å². The van der Waals surface area contributed by atoms with Crippen LogP contribution in [0.5, 0.6) is 0 Å². The summed E-state index contributed by atoms with van der Waals surface area (Å²) in [6.07, 6.45) is -0.0329. The zero-order valence-electron chi connectivity index (χ0n) is 8.18. The second kappa shape index (κ2) is 4.23. The predicted octanol–water partition coefficient (Wildman–Crippen LogP) is 0.920. The highest BCUT2D eigenvalue weighted by molar-refractivity contribution is 6.04. The van der Waals surface area contributed by atoms with Gasteiger partial charge in [-0.05, 0) is 5.56 Å². The lowest BCUT2D eigenvalue weighted by Gasteiger charge is -2.13. The van der Waals surface area contributed by atoms with E-state index in [-0.39, 0.29) is 24.7 Å². The molecule has 1 heterocycles. The van der Waals surface area contributed by atoms with Crippen molar-refractivity contribution in [3.05, 3.63) is 35.9 Å². The maximum Gasteiger partial charge on any atom is 0.254 e. The zero-order chi connectivity index (χ0) is 10.7. The number of rotatable bonds is 3. The quantitative estimate of drug-likeness (QED) is 0.689. The van der Waals surface area contributed by atoms with Crippen molar-refractivity contribution >= 4 is 11.7 Å². The molecule has 0 spiro atoms. The number of hydrogen-bond acceptors (Lipinski definition) is 3. The molecule has 0 radical (unpaired) electrons. The Hall–Kier alpha value is -1.68. The number of Topliss-reactive ketones (excluding diaryl/α,β-unsaturated/α-hetero) is 1. The number of nitrogens with zero attached hydrogens (tertiary/aromatic N) is 1. The number of benzene rings is 1. The third-order valence-corrected chi connectivity index (χ3v) is 2.18. The van der Waals surface area contributed by atoms with Crippen LogP contribution in [0.2, 0.25) is 0 Å². The van der Waals surface area contributed by atoms with Gasteiger partial charge < -0.3 is 0 Å². The molecule has 4 nitrogen and oxygen atoms in total. The molecule has 0 saturated carbocycles. The van der Waals surface area contributed by atoms with Crippen LogP contribution in [0, 0.1) is 0 Å². The average molecular weight is 205 g/mol. The van der Waals surface area contributed by atoms with Crippen LogP contribution in [0.15, 0.2) is 30.3 Å². The lowest BCUT2D eigenvalue weighted by atomic mass is 10.2. The minimum atomic E-state index is -0.254. The number of hydroxylamine groups is 2. The van der Waals surface area contributed by atoms with Gasteiger partial charge in [0, 0.05) is 0 Å². The first-order chi connectivity index (χ1) is 7.25. The summed E-state index contributed by atoms with van der Waals surface area (Å²) >= 11 is 0. The fraction of sp³-hybridized carbons (Fsp3) is 0.273. The van der Waals surface area contributed by atoms with Gasteiger partial charge in [-0.3, -0.25) is 14.4 Å². The standard InChI is InChI=1S/C11H11NO3/c13-10-6-11(14)12(7-10)15-8-9-4-2-1-3-5-9/h1-5H,6-8H2. The van der Waals surface area contributed by atoms with Crippen molar-refractivity contribution in [3.8, 4) is 0 Å². The van der Waals surface area contributed by atoms with Gasteiger partial charge in [0.1, 0.15) is 13.2 Å². The lowest BCUT2D eigenvalue weighted by molar-refractivity contribution is -0.182. The Labute approximate surface area is 87.4 Å². The first-order valence-electron chi connectivity index (χ1n) is 4.74. The predicted molar refractivity (Wildman–Crippen MR) is 52.6 cm³/mol. The van der Waals surface area contributed by atoms with E-state index in [4.69, 9.17) is 4.84 Å². The van der Waals surface area contributed by atoms with Crippen molar-refractivity contribution in [2.75, 3.05) is 6.54 Å². The highest BCUT2D eigenvalue weighted by Gasteiger charge is 2.28. The summed E-state index contributed by atoms with van der Waals surface area (Å²) in [5.74, 6) is -0.344. The SMILES string of the molecule is O=C1CC(=O)N(OCc2ccccc2)C1. The molecule has 2 rings (SSSR count). The number of amides is 1. The Balaban J connectivity index is 1.89. The van der Waals surface area contributed by atoms with Crippen molar-refractivity contribution in [2.24, 2.45) is 0 Å². The lowest BCUT2D eigenvalue weighted by Crippen LogP contribution is -2.25. The van der Waals surface area contributed by atoms with E-state index in [0.717, 1.165) is 10.6 Å². The van der Waals surface area contributed by atoms with Crippen LogP contribution in [0.4, 0.5) is 0 Å². The number of hydrogen-bond donors (Lipinski definition) is 0. The molecule has 1 aromatic rings. The van der Waals surface area contributed by atoms with Crippen molar-refractivity contribution in [2.45, 2.75) is 13.0 Å². The number of carbonyl (C=O) groups excluding carboxylic acids is 2. The molecule has 4 heteroatoms. The Morgan fingerprint density at radius 3 is 2.53 bits per heavy atom. The van der Waals surface area contributed by atoms with Gasteiger partial charge in [-0.25, -0.2) is 5.06 Å². The maximum atomic E-state index is 11.2. The zero-order valence-corrected chi connectivity index (χ0v) is 8.18. The third-order valence-electron chi connectivity index (χ3n) is 2.18. The van der Waals surface area contributed by atoms with Crippen LogP contribution < -0.4 is 0 Å². The van der Waals surface area contributed by atoms with Gasteiger partial charge in [0.05, 0.1) is 6.42 Å². The summed E-state index contributed by atoms with van der Waals surface area (Å²) in [6, 6.07) is 9.52. The van der Waals surface area contributed by atoms with E-state index in [9.17, 15) is 9.59 Å². The smallest absolute Gasteiger partial charge is 0.254 e. The Morgan fingerprint density at radius 2 is 1.93 bits per heavy atom. The molecule has 0 atom stereocenters. The van der Waals surface area contributed by atoms with Gasteiger partial charge in [-0.1, -0.05) is 30.3 Å². The van der Waals surface area contributed by atoms with Crippen molar-refractivity contribution < 1.29 is 14.4 Å². The molecule has 1 fully saturated rings. The highest BCUT2D eigenvalue weighted by atomic mass is 16.7. The highest BCUT2D eigenvalue weighted by Crippen LogP contribution is 2.09. The minimum Gasteiger partial charge on any atom is -0.297 e. The number of ketones is 1. The summed E-state index contributed by atoms with van der Waals surface area (Å²) in [5, 5.41) is 1.13. The minimum absolute atomic E-state index is 0.0329. The number of carbonyl (C=O) groups is 2. The van der Waals surface area contributed by atoms with Crippen LogP contribution in [-0.2, 0) is 21.0 Å². The molecule has 1 aliphatic rings. The third kappa shape index (κ3) is 2.41. The molecule has 0 N–H and O–H groups in total. The molecule has 0 bridgehead atoms. The fourth-order valence-corrected chi connectivity index (χ4v) is 1.41. The van der Waals surface area contributed by atoms with E-state index >= 15 is 0 Å². The maximum absolute atomic E-state index is 11.2. The molecular formula is C11H11NO3. The first-order valence-corrected chi connectivity index (χ1v) is 4.74. The van der Waals surface area contributed by atoms with Gasteiger partial charge in [-0.2, -0.15) is 0 Å². The second-order valence-electron chi connectivity index (χ2n) is 3.40. The van der Waals surface area contributed by atoms with Crippen LogP contribution in [0.3, 0.4) is 0 Å². The molecular weight excluding hydrogens is 194 g/mol. The summed E-state index contributed by atoms with van der Waals surface area (Å²) in [6.45, 7) is 0.394. The molecule has 1 saturated heterocycles. The van der Waals surface area contributed by atoms with E-state index in [1.165, 1.54) is 0 Å². The molecule has 1 aromatic carbocycles. The van der Waals surface area contributed by atoms with E-state index in [2.05, 4.69) is 0 Å². The van der Waals surface area contributed by atoms with Crippen LogP contribution >= 0.6 is 0 Å². The molecule has 0 aliphatic carbocycles. The molecule has 0 aromatic heterocycles. The van der Waals surface area contributed by atoms with Crippen molar-refractivity contribution in [1.82, 2.24) is 5.06 Å². The summed E-state index contributed by atoms with van der Waals surface area (Å²) in [7, 11) is 0. The Kier molecular flexibility index (Phi) is 2.78. The topological polar surface area (TPSA) is 46.6 Å². The van der Waals surface area contributed by atoms with E-state index in [0.29, 0.717) is 6.61 Å². The summed E-state index contributed by atoms with van der Waals surface area (Å²) < 4.78 is 0. The van der Waals surface area contributed by atoms with E-state index < -0.39 is 0 Å². The largest absolute Gasteiger partial charge is 0.297 e. The second-order valence-corrected chi connectivity index (χ2v) is 3.40. The molecule has 0 unspecified atom stereocenters. The average Bonchev–Trinajstić information content (AvgIpc) is 2.56. The molecule has 1 aliphatic heterocycles. The van der Waals surface area contributed by atoms with Gasteiger partial charge in [0.2, 0.25) is 0 Å². The summed E-state index contributed by atoms with van der Waals surface area (Å²) in [4.78, 5) is 27.4. The van der Waals surface area contributed by atoms with Crippen LogP contribution in [0.25, 0.3) is 0 Å². The van der Waals surface area contributed by atoms with Crippen molar-refractivity contribution in [1.29, 1.82) is 0 Å². The summed E-state index contributed by atoms with van der Waals surface area (Å²) in [5.41, 5.74) is 0.977. The van der Waals surface area contributed by atoms with Crippen LogP contribution in [-0.4, -0.2) is 23.3 Å². The molecule has 1 amide bonds. The van der Waals surface area contributed by atoms with Gasteiger partial charge >= 0.3 is 0 Å². The molecule has 15 heavy (non-hydrogen) atoms. The normalized spacial score (nSPS) is 16.1. The Bertz CT molecular complexity index is 375. The van der Waals surface area contributed by atoms with Crippen molar-refractivity contribution in [3.63, 3.8) is 0 Å². The Morgan fingerprint density at radius 1 is 1.20 bits per heavy atom. The monoisotopic (exact) mass is 205 g/mol.